The molecular weight excluding hydrogens is 246 g/mol. The zero-order chi connectivity index (χ0) is 14.5. The van der Waals surface area contributed by atoms with Gasteiger partial charge in [-0.25, -0.2) is 0 Å². The van der Waals surface area contributed by atoms with Gasteiger partial charge in [-0.15, -0.1) is 0 Å². The fourth-order valence-corrected chi connectivity index (χ4v) is 3.19. The van der Waals surface area contributed by atoms with Crippen LogP contribution in [-0.2, 0) is 0 Å². The molecule has 0 saturated carbocycles. The van der Waals surface area contributed by atoms with Crippen molar-refractivity contribution in [2.24, 2.45) is 5.92 Å². The Morgan fingerprint density at radius 2 is 1.80 bits per heavy atom. The van der Waals surface area contributed by atoms with Crippen molar-refractivity contribution in [1.82, 2.24) is 4.90 Å². The maximum atomic E-state index is 9.01. The minimum Gasteiger partial charge on any atom is -0.375 e. The first-order valence-electron chi connectivity index (χ1n) is 7.43. The molecule has 0 aromatic rings. The molecule has 0 heterocycles. The summed E-state index contributed by atoms with van der Waals surface area (Å²) < 4.78 is 0. The van der Waals surface area contributed by atoms with Gasteiger partial charge in [-0.05, 0) is 62.7 Å². The van der Waals surface area contributed by atoms with Crippen LogP contribution < -0.4 is 0 Å². The highest BCUT2D eigenvalue weighted by Gasteiger charge is 2.25. The molecule has 0 amide bonds. The smallest absolute Gasteiger partial charge is 0.132 e. The molecule has 2 rings (SSSR count). The van der Waals surface area contributed by atoms with Gasteiger partial charge in [-0.2, -0.15) is 10.5 Å². The number of nitriles is 2. The Labute approximate surface area is 121 Å². The molecule has 0 aromatic heterocycles. The SMILES string of the molecule is CCN(CC)C1=CC2=CC(=C(C#N)C#N)CC[C@H]2CC1. The van der Waals surface area contributed by atoms with Crippen LogP contribution >= 0.6 is 0 Å². The third-order valence-electron chi connectivity index (χ3n) is 4.37. The highest BCUT2D eigenvalue weighted by atomic mass is 15.1. The van der Waals surface area contributed by atoms with E-state index in [0.717, 1.165) is 37.9 Å². The van der Waals surface area contributed by atoms with E-state index in [9.17, 15) is 0 Å². The lowest BCUT2D eigenvalue weighted by Crippen LogP contribution is -2.26. The average Bonchev–Trinajstić information content (AvgIpc) is 2.49. The van der Waals surface area contributed by atoms with E-state index in [-0.39, 0.29) is 5.57 Å². The van der Waals surface area contributed by atoms with E-state index in [1.54, 1.807) is 0 Å². The number of rotatable bonds is 3. The summed E-state index contributed by atoms with van der Waals surface area (Å²) in [5.41, 5.74) is 3.90. The lowest BCUT2D eigenvalue weighted by molar-refractivity contribution is 0.344. The average molecular weight is 267 g/mol. The van der Waals surface area contributed by atoms with Crippen LogP contribution in [0.1, 0.15) is 39.5 Å². The van der Waals surface area contributed by atoms with Gasteiger partial charge in [0.25, 0.3) is 0 Å². The molecule has 0 fully saturated rings. The van der Waals surface area contributed by atoms with Gasteiger partial charge in [-0.1, -0.05) is 6.08 Å². The van der Waals surface area contributed by atoms with Crippen molar-refractivity contribution >= 4 is 0 Å². The number of nitrogens with zero attached hydrogens (tertiary/aromatic N) is 3. The Hall–Kier alpha value is -2.00. The van der Waals surface area contributed by atoms with E-state index < -0.39 is 0 Å². The second kappa shape index (κ2) is 6.44. The molecule has 104 valence electrons. The molecule has 0 unspecified atom stereocenters. The van der Waals surface area contributed by atoms with Gasteiger partial charge in [0.15, 0.2) is 0 Å². The number of fused-ring (bicyclic) bond motifs is 1. The molecule has 0 bridgehead atoms. The Balaban J connectivity index is 2.35. The van der Waals surface area contributed by atoms with E-state index in [4.69, 9.17) is 10.5 Å². The Morgan fingerprint density at radius 1 is 1.15 bits per heavy atom. The molecule has 0 radical (unpaired) electrons. The zero-order valence-corrected chi connectivity index (χ0v) is 12.3. The van der Waals surface area contributed by atoms with Crippen molar-refractivity contribution in [2.75, 3.05) is 13.1 Å². The molecule has 1 atom stereocenters. The van der Waals surface area contributed by atoms with Crippen LogP contribution in [0.2, 0.25) is 0 Å². The topological polar surface area (TPSA) is 50.8 Å². The zero-order valence-electron chi connectivity index (χ0n) is 12.3. The van der Waals surface area contributed by atoms with Gasteiger partial charge in [0.05, 0.1) is 0 Å². The quantitative estimate of drug-likeness (QED) is 0.733. The second-order valence-corrected chi connectivity index (χ2v) is 5.35. The van der Waals surface area contributed by atoms with Gasteiger partial charge in [-0.3, -0.25) is 0 Å². The number of hydrogen-bond acceptors (Lipinski definition) is 3. The molecule has 0 spiro atoms. The largest absolute Gasteiger partial charge is 0.375 e. The molecular formula is C17H21N3. The van der Waals surface area contributed by atoms with Crippen molar-refractivity contribution in [2.45, 2.75) is 39.5 Å². The second-order valence-electron chi connectivity index (χ2n) is 5.35. The van der Waals surface area contributed by atoms with Crippen molar-refractivity contribution in [3.05, 3.63) is 34.6 Å². The summed E-state index contributed by atoms with van der Waals surface area (Å²) in [7, 11) is 0. The minimum absolute atomic E-state index is 0.277. The summed E-state index contributed by atoms with van der Waals surface area (Å²) in [5, 5.41) is 18.0. The van der Waals surface area contributed by atoms with Gasteiger partial charge >= 0.3 is 0 Å². The van der Waals surface area contributed by atoms with Gasteiger partial charge in [0.2, 0.25) is 0 Å². The molecule has 2 aliphatic carbocycles. The van der Waals surface area contributed by atoms with Crippen LogP contribution in [0.5, 0.6) is 0 Å². The predicted molar refractivity (Wildman–Crippen MR) is 79.3 cm³/mol. The summed E-state index contributed by atoms with van der Waals surface area (Å²) >= 11 is 0. The molecule has 3 nitrogen and oxygen atoms in total. The molecule has 0 aliphatic heterocycles. The highest BCUT2D eigenvalue weighted by molar-refractivity contribution is 5.49. The maximum Gasteiger partial charge on any atom is 0.132 e. The van der Waals surface area contributed by atoms with Gasteiger partial charge in [0.1, 0.15) is 17.7 Å². The predicted octanol–water partition coefficient (Wildman–Crippen LogP) is 3.69. The first kappa shape index (κ1) is 14.4. The first-order chi connectivity index (χ1) is 9.73. The Morgan fingerprint density at radius 3 is 2.40 bits per heavy atom. The van der Waals surface area contributed by atoms with Crippen LogP contribution in [0.3, 0.4) is 0 Å². The Kier molecular flexibility index (Phi) is 4.64. The summed E-state index contributed by atoms with van der Waals surface area (Å²) in [6, 6.07) is 4.03. The van der Waals surface area contributed by atoms with Crippen molar-refractivity contribution in [3.63, 3.8) is 0 Å². The molecule has 0 N–H and O–H groups in total. The van der Waals surface area contributed by atoms with Crippen molar-refractivity contribution < 1.29 is 0 Å². The van der Waals surface area contributed by atoms with E-state index in [2.05, 4.69) is 30.9 Å². The highest BCUT2D eigenvalue weighted by Crippen LogP contribution is 2.38. The summed E-state index contributed by atoms with van der Waals surface area (Å²) in [6.45, 7) is 6.43. The fourth-order valence-electron chi connectivity index (χ4n) is 3.19. The lowest BCUT2D eigenvalue weighted by atomic mass is 9.77. The normalized spacial score (nSPS) is 21.0. The van der Waals surface area contributed by atoms with Crippen molar-refractivity contribution in [3.8, 4) is 12.1 Å². The summed E-state index contributed by atoms with van der Waals surface area (Å²) in [5.74, 6) is 0.608. The summed E-state index contributed by atoms with van der Waals surface area (Å²) in [4.78, 5) is 2.39. The third kappa shape index (κ3) is 2.78. The molecule has 0 saturated heterocycles. The number of allylic oxidation sites excluding steroid dienone is 6. The lowest BCUT2D eigenvalue weighted by Gasteiger charge is -2.33. The van der Waals surface area contributed by atoms with Gasteiger partial charge in [0, 0.05) is 18.8 Å². The monoisotopic (exact) mass is 267 g/mol. The van der Waals surface area contributed by atoms with E-state index in [0.29, 0.717) is 5.92 Å². The van der Waals surface area contributed by atoms with Crippen LogP contribution in [-0.4, -0.2) is 18.0 Å². The maximum absolute atomic E-state index is 9.01. The van der Waals surface area contributed by atoms with E-state index in [1.165, 1.54) is 17.7 Å². The molecule has 2 aliphatic rings. The van der Waals surface area contributed by atoms with Gasteiger partial charge < -0.3 is 4.90 Å². The standard InChI is InChI=1S/C17H21N3/c1-3-20(4-2)17-8-7-13-5-6-14(9-15(13)10-17)16(11-18)12-19/h9-10,13H,3-8H2,1-2H3/t13-/m0/s1. The first-order valence-corrected chi connectivity index (χ1v) is 7.43. The molecule has 0 aromatic carbocycles. The number of hydrogen-bond donors (Lipinski definition) is 0. The minimum atomic E-state index is 0.277. The van der Waals surface area contributed by atoms with E-state index in [1.807, 2.05) is 12.1 Å². The van der Waals surface area contributed by atoms with Crippen LogP contribution in [0.4, 0.5) is 0 Å². The summed E-state index contributed by atoms with van der Waals surface area (Å²) in [6.07, 6.45) is 8.63. The molecule has 3 heteroatoms. The fraction of sp³-hybridized carbons (Fsp3) is 0.529. The van der Waals surface area contributed by atoms with Crippen LogP contribution in [0.25, 0.3) is 0 Å². The Bertz CT molecular complexity index is 532. The molecule has 20 heavy (non-hydrogen) atoms. The third-order valence-corrected chi connectivity index (χ3v) is 4.37. The van der Waals surface area contributed by atoms with Crippen molar-refractivity contribution in [1.29, 1.82) is 10.5 Å². The van der Waals surface area contributed by atoms with Crippen LogP contribution in [0.15, 0.2) is 34.6 Å². The van der Waals surface area contributed by atoms with Crippen LogP contribution in [0, 0.1) is 28.6 Å². The van der Waals surface area contributed by atoms with E-state index >= 15 is 0 Å².